The molecule has 0 bridgehead atoms. The van der Waals surface area contributed by atoms with Crippen LogP contribution in [0.15, 0.2) is 50.8 Å². The van der Waals surface area contributed by atoms with Crippen LogP contribution in [0.4, 0.5) is 0 Å². The Morgan fingerprint density at radius 3 is 2.78 bits per heavy atom. The average molecular weight is 517 g/mol. The Kier molecular flexibility index (Phi) is 7.31. The summed E-state index contributed by atoms with van der Waals surface area (Å²) < 4.78 is 8.34. The summed E-state index contributed by atoms with van der Waals surface area (Å²) in [6.45, 7) is 4.08. The summed E-state index contributed by atoms with van der Waals surface area (Å²) in [5, 5.41) is 5.76. The zero-order valence-corrected chi connectivity index (χ0v) is 20.7. The van der Waals surface area contributed by atoms with Crippen LogP contribution in [0.25, 0.3) is 10.9 Å². The first-order chi connectivity index (χ1) is 15.5. The number of nitrogens with zero attached hydrogens (tertiary/aromatic N) is 3. The third-order valence-electron chi connectivity index (χ3n) is 5.99. The molecule has 1 heterocycles. The van der Waals surface area contributed by atoms with Crippen LogP contribution in [-0.2, 0) is 0 Å². The van der Waals surface area contributed by atoms with Gasteiger partial charge in [0.2, 0.25) is 0 Å². The summed E-state index contributed by atoms with van der Waals surface area (Å²) in [7, 11) is 0. The second-order valence-corrected chi connectivity index (χ2v) is 9.62. The number of fused-ring (bicyclic) bond motifs is 1. The molecule has 0 aliphatic heterocycles. The number of halogens is 2. The second kappa shape index (κ2) is 10.2. The van der Waals surface area contributed by atoms with E-state index in [-0.39, 0.29) is 17.6 Å². The maximum atomic E-state index is 13.4. The first-order valence-electron chi connectivity index (χ1n) is 11.2. The highest BCUT2D eigenvalue weighted by Gasteiger charge is 2.22. The summed E-state index contributed by atoms with van der Waals surface area (Å²) in [4.78, 5) is 18.3. The highest BCUT2D eigenvalue weighted by molar-refractivity contribution is 9.10. The van der Waals surface area contributed by atoms with Gasteiger partial charge < -0.3 is 4.74 Å². The summed E-state index contributed by atoms with van der Waals surface area (Å²) >= 11 is 9.86. The van der Waals surface area contributed by atoms with Gasteiger partial charge in [0.1, 0.15) is 11.6 Å². The molecule has 1 atom stereocenters. The van der Waals surface area contributed by atoms with Gasteiger partial charge in [0.25, 0.3) is 5.56 Å². The molecule has 0 unspecified atom stereocenters. The van der Waals surface area contributed by atoms with Gasteiger partial charge in [0.05, 0.1) is 27.7 Å². The molecule has 5 nitrogen and oxygen atoms in total. The molecule has 1 aromatic heterocycles. The summed E-state index contributed by atoms with van der Waals surface area (Å²) in [5.41, 5.74) is 1.27. The smallest absolute Gasteiger partial charge is 0.282 e. The Balaban J connectivity index is 1.84. The van der Waals surface area contributed by atoms with Gasteiger partial charge >= 0.3 is 0 Å². The van der Waals surface area contributed by atoms with E-state index >= 15 is 0 Å². The van der Waals surface area contributed by atoms with Gasteiger partial charge in [0.15, 0.2) is 0 Å². The Morgan fingerprint density at radius 2 is 2.03 bits per heavy atom. The standard InChI is InChI=1S/C25H27BrClN3O2/c1-3-16(2)32-23-18(13-19(27)14-21(23)26)15-28-30-24(17-9-5-4-6-10-17)29-22-12-8-7-11-20(22)25(30)31/h7-8,11-17H,3-6,9-10H2,1-2H3/t16-/m0/s1. The summed E-state index contributed by atoms with van der Waals surface area (Å²) in [5.74, 6) is 1.61. The lowest BCUT2D eigenvalue weighted by Gasteiger charge is -2.23. The molecule has 0 saturated heterocycles. The zero-order valence-electron chi connectivity index (χ0n) is 18.4. The van der Waals surface area contributed by atoms with Crippen molar-refractivity contribution < 1.29 is 4.74 Å². The van der Waals surface area contributed by atoms with Gasteiger partial charge in [-0.2, -0.15) is 9.78 Å². The molecule has 3 aromatic rings. The third-order valence-corrected chi connectivity index (χ3v) is 6.80. The van der Waals surface area contributed by atoms with Crippen LogP contribution in [-0.4, -0.2) is 22.0 Å². The third kappa shape index (κ3) is 4.91. The lowest BCUT2D eigenvalue weighted by molar-refractivity contribution is 0.215. The lowest BCUT2D eigenvalue weighted by atomic mass is 9.88. The van der Waals surface area contributed by atoms with Crippen LogP contribution < -0.4 is 10.3 Å². The van der Waals surface area contributed by atoms with E-state index in [1.165, 1.54) is 11.1 Å². The van der Waals surface area contributed by atoms with Crippen molar-refractivity contribution in [3.63, 3.8) is 0 Å². The number of hydrogen-bond acceptors (Lipinski definition) is 4. The zero-order chi connectivity index (χ0) is 22.7. The van der Waals surface area contributed by atoms with Crippen molar-refractivity contribution >= 4 is 44.6 Å². The van der Waals surface area contributed by atoms with Crippen molar-refractivity contribution in [1.82, 2.24) is 9.66 Å². The molecule has 0 amide bonds. The highest BCUT2D eigenvalue weighted by atomic mass is 79.9. The molecule has 7 heteroatoms. The molecule has 1 aliphatic rings. The molecule has 1 fully saturated rings. The van der Waals surface area contributed by atoms with E-state index in [9.17, 15) is 4.79 Å². The van der Waals surface area contributed by atoms with Gasteiger partial charge in [-0.1, -0.05) is 49.9 Å². The molecular formula is C25H27BrClN3O2. The average Bonchev–Trinajstić information content (AvgIpc) is 2.80. The minimum Gasteiger partial charge on any atom is -0.489 e. The van der Waals surface area contributed by atoms with E-state index in [2.05, 4.69) is 28.0 Å². The fraction of sp³-hybridized carbons (Fsp3) is 0.400. The van der Waals surface area contributed by atoms with E-state index in [0.29, 0.717) is 21.7 Å². The number of ether oxygens (including phenoxy) is 1. The first-order valence-corrected chi connectivity index (χ1v) is 12.4. The lowest BCUT2D eigenvalue weighted by Crippen LogP contribution is -2.25. The van der Waals surface area contributed by atoms with Gasteiger partial charge in [0, 0.05) is 16.5 Å². The van der Waals surface area contributed by atoms with Crippen LogP contribution >= 0.6 is 27.5 Å². The Bertz CT molecular complexity index is 1200. The number of hydrogen-bond donors (Lipinski definition) is 0. The van der Waals surface area contributed by atoms with Crippen molar-refractivity contribution in [3.05, 3.63) is 67.6 Å². The van der Waals surface area contributed by atoms with Crippen LogP contribution in [0.3, 0.4) is 0 Å². The fourth-order valence-electron chi connectivity index (χ4n) is 4.08. The van der Waals surface area contributed by atoms with Crippen LogP contribution in [0.1, 0.15) is 69.7 Å². The van der Waals surface area contributed by atoms with Crippen molar-refractivity contribution in [2.45, 2.75) is 64.4 Å². The van der Waals surface area contributed by atoms with E-state index in [1.54, 1.807) is 24.4 Å². The molecule has 1 saturated carbocycles. The van der Waals surface area contributed by atoms with Gasteiger partial charge in [-0.15, -0.1) is 0 Å². The van der Waals surface area contributed by atoms with Crippen LogP contribution in [0.5, 0.6) is 5.75 Å². The topological polar surface area (TPSA) is 56.5 Å². The molecule has 0 spiro atoms. The number of para-hydroxylation sites is 1. The van der Waals surface area contributed by atoms with Crippen LogP contribution in [0.2, 0.25) is 5.02 Å². The monoisotopic (exact) mass is 515 g/mol. The largest absolute Gasteiger partial charge is 0.489 e. The first kappa shape index (κ1) is 23.0. The molecule has 1 aliphatic carbocycles. The number of rotatable bonds is 6. The molecule has 0 radical (unpaired) electrons. The van der Waals surface area contributed by atoms with Crippen LogP contribution in [0, 0.1) is 0 Å². The van der Waals surface area contributed by atoms with Gasteiger partial charge in [-0.05, 0) is 66.4 Å². The molecular weight excluding hydrogens is 490 g/mol. The van der Waals surface area contributed by atoms with E-state index in [4.69, 9.17) is 21.3 Å². The van der Waals surface area contributed by atoms with Gasteiger partial charge in [-0.3, -0.25) is 4.79 Å². The van der Waals surface area contributed by atoms with Crippen molar-refractivity contribution in [3.8, 4) is 5.75 Å². The minimum absolute atomic E-state index is 0.0301. The maximum absolute atomic E-state index is 13.4. The fourth-order valence-corrected chi connectivity index (χ4v) is 5.01. The van der Waals surface area contributed by atoms with Crippen molar-refractivity contribution in [2.24, 2.45) is 5.10 Å². The predicted octanol–water partition coefficient (Wildman–Crippen LogP) is 6.92. The van der Waals surface area contributed by atoms with Crippen molar-refractivity contribution in [2.75, 3.05) is 0 Å². The molecule has 4 rings (SSSR count). The SMILES string of the molecule is CC[C@H](C)Oc1c(Br)cc(Cl)cc1C=Nn1c(C2CCCCC2)nc2ccccc2c1=O. The Morgan fingerprint density at radius 1 is 1.28 bits per heavy atom. The summed E-state index contributed by atoms with van der Waals surface area (Å²) in [6.07, 6.45) is 8.10. The minimum atomic E-state index is -0.155. The second-order valence-electron chi connectivity index (χ2n) is 8.33. The quantitative estimate of drug-likeness (QED) is 0.334. The Labute approximate surface area is 201 Å². The predicted molar refractivity (Wildman–Crippen MR) is 134 cm³/mol. The highest BCUT2D eigenvalue weighted by Crippen LogP contribution is 2.34. The molecule has 2 aromatic carbocycles. The normalized spacial score (nSPS) is 16.0. The molecule has 32 heavy (non-hydrogen) atoms. The van der Waals surface area contributed by atoms with E-state index in [0.717, 1.165) is 47.9 Å². The van der Waals surface area contributed by atoms with Crippen molar-refractivity contribution in [1.29, 1.82) is 0 Å². The van der Waals surface area contributed by atoms with E-state index in [1.807, 2.05) is 25.1 Å². The summed E-state index contributed by atoms with van der Waals surface area (Å²) in [6, 6.07) is 11.1. The molecule has 0 N–H and O–H groups in total. The number of aromatic nitrogens is 2. The maximum Gasteiger partial charge on any atom is 0.282 e. The molecule has 168 valence electrons. The van der Waals surface area contributed by atoms with Gasteiger partial charge in [-0.25, -0.2) is 4.98 Å². The van der Waals surface area contributed by atoms with E-state index < -0.39 is 0 Å². The number of benzene rings is 2. The Hall–Kier alpha value is -2.18.